The quantitative estimate of drug-likeness (QED) is 0.123. The Morgan fingerprint density at radius 3 is 2.29 bits per heavy atom. The molecule has 3 fully saturated rings. The molecule has 70 heavy (non-hydrogen) atoms. The third-order valence-electron chi connectivity index (χ3n) is 13.0. The summed E-state index contributed by atoms with van der Waals surface area (Å²) in [5.41, 5.74) is 2.83. The Bertz CT molecular complexity index is 2520. The van der Waals surface area contributed by atoms with E-state index in [0.29, 0.717) is 118 Å². The van der Waals surface area contributed by atoms with E-state index < -0.39 is 11.5 Å². The first kappa shape index (κ1) is 50.3. The molecule has 0 bridgehead atoms. The van der Waals surface area contributed by atoms with Crippen LogP contribution in [-0.2, 0) is 40.7 Å². The first-order valence-corrected chi connectivity index (χ1v) is 25.0. The number of aromatic nitrogens is 3. The molecular formula is C51H62N8O10S. The van der Waals surface area contributed by atoms with Crippen molar-refractivity contribution in [1.82, 2.24) is 35.4 Å². The number of ketones is 1. The van der Waals surface area contributed by atoms with Crippen molar-refractivity contribution >= 4 is 57.5 Å². The number of nitrogens with zero attached hydrogens (tertiary/aromatic N) is 4. The van der Waals surface area contributed by atoms with E-state index in [2.05, 4.69) is 35.8 Å². The minimum atomic E-state index is -1.54. The number of rotatable bonds is 11. The molecule has 6 heterocycles. The van der Waals surface area contributed by atoms with Crippen molar-refractivity contribution in [2.24, 2.45) is 5.92 Å². The number of carbonyl (C=O) groups excluding carboxylic acids is 5. The highest BCUT2D eigenvalue weighted by atomic mass is 32.1. The second-order valence-corrected chi connectivity index (χ2v) is 18.6. The molecule has 0 aliphatic carbocycles. The van der Waals surface area contributed by atoms with Crippen molar-refractivity contribution < 1.29 is 47.7 Å². The third kappa shape index (κ3) is 13.0. The Morgan fingerprint density at radius 1 is 0.829 bits per heavy atom. The number of H-pyrrole nitrogens is 1. The smallest absolute Gasteiger partial charge is 0.270 e. The lowest BCUT2D eigenvalue weighted by molar-refractivity contribution is -0.154. The third-order valence-corrected chi connectivity index (χ3v) is 14.1. The number of benzene rings is 2. The van der Waals surface area contributed by atoms with Crippen LogP contribution in [0.1, 0.15) is 86.6 Å². The molecule has 3 aromatic heterocycles. The van der Waals surface area contributed by atoms with Crippen LogP contribution >= 0.6 is 11.3 Å². The summed E-state index contributed by atoms with van der Waals surface area (Å²) in [7, 11) is 1.59. The molecule has 0 saturated carbocycles. The average Bonchev–Trinajstić information content (AvgIpc) is 4.03. The molecule has 4 amide bonds. The normalized spacial score (nSPS) is 20.2. The highest BCUT2D eigenvalue weighted by Crippen LogP contribution is 2.38. The van der Waals surface area contributed by atoms with Gasteiger partial charge in [-0.1, -0.05) is 12.1 Å². The SMILES string of the molecule is COc1ccc(C(=O)C2CCN(C(=O)c3ccc(C(=O)NC4CCN(Cc5ccc(NC(=O)C6(c7scc8[nH]cnc78)COCCOCCOCCNC(=O)CCCCO6)cc5)CC4)nc3)CC2)cc1. The number of nitrogens with one attached hydrogen (secondary N) is 4. The summed E-state index contributed by atoms with van der Waals surface area (Å²) < 4.78 is 29.1. The monoisotopic (exact) mass is 978 g/mol. The number of fused-ring (bicyclic) bond motifs is 1. The van der Waals surface area contributed by atoms with Crippen molar-refractivity contribution in [2.45, 2.75) is 63.1 Å². The van der Waals surface area contributed by atoms with Gasteiger partial charge in [0.1, 0.15) is 17.0 Å². The number of piperidine rings is 2. The minimum absolute atomic E-state index is 0.0227. The van der Waals surface area contributed by atoms with E-state index in [0.717, 1.165) is 37.0 Å². The molecule has 3 aliphatic rings. The van der Waals surface area contributed by atoms with Crippen LogP contribution in [0.25, 0.3) is 11.0 Å². The van der Waals surface area contributed by atoms with Gasteiger partial charge in [0.15, 0.2) is 5.78 Å². The zero-order valence-corrected chi connectivity index (χ0v) is 40.4. The number of hydrogen-bond acceptors (Lipinski definition) is 14. The minimum Gasteiger partial charge on any atom is -0.497 e. The van der Waals surface area contributed by atoms with Crippen LogP contribution < -0.4 is 20.7 Å². The summed E-state index contributed by atoms with van der Waals surface area (Å²) in [4.78, 5) is 83.3. The van der Waals surface area contributed by atoms with E-state index in [4.69, 9.17) is 23.7 Å². The van der Waals surface area contributed by atoms with Crippen LogP contribution in [0, 0.1) is 5.92 Å². The Kier molecular flexibility index (Phi) is 17.7. The second-order valence-electron chi connectivity index (χ2n) is 17.8. The fourth-order valence-electron chi connectivity index (χ4n) is 8.93. The maximum atomic E-state index is 14.6. The van der Waals surface area contributed by atoms with Gasteiger partial charge in [0.2, 0.25) is 11.5 Å². The molecule has 1 unspecified atom stereocenters. The predicted octanol–water partition coefficient (Wildman–Crippen LogP) is 5.36. The van der Waals surface area contributed by atoms with Gasteiger partial charge in [0.05, 0.1) is 69.0 Å². The highest BCUT2D eigenvalue weighted by Gasteiger charge is 2.45. The summed E-state index contributed by atoms with van der Waals surface area (Å²) in [6.07, 6.45) is 7.17. The van der Waals surface area contributed by atoms with Crippen LogP contribution in [0.5, 0.6) is 5.75 Å². The molecule has 372 valence electrons. The van der Waals surface area contributed by atoms with Gasteiger partial charge in [0, 0.05) is 87.1 Å². The molecule has 0 spiro atoms. The summed E-state index contributed by atoms with van der Waals surface area (Å²) in [6.45, 7) is 5.42. The van der Waals surface area contributed by atoms with Gasteiger partial charge < -0.3 is 49.5 Å². The van der Waals surface area contributed by atoms with E-state index in [1.54, 1.807) is 54.7 Å². The molecule has 19 heteroatoms. The van der Waals surface area contributed by atoms with E-state index in [1.807, 2.05) is 29.6 Å². The van der Waals surface area contributed by atoms with E-state index >= 15 is 0 Å². The van der Waals surface area contributed by atoms with Gasteiger partial charge in [-0.2, -0.15) is 0 Å². The summed E-state index contributed by atoms with van der Waals surface area (Å²) in [6, 6.07) is 18.1. The first-order chi connectivity index (χ1) is 34.2. The Labute approximate surface area is 411 Å². The lowest BCUT2D eigenvalue weighted by Crippen LogP contribution is -2.47. The summed E-state index contributed by atoms with van der Waals surface area (Å²) in [5.74, 6) is -0.288. The number of likely N-dealkylation sites (tertiary alicyclic amines) is 2. The molecule has 18 nitrogen and oxygen atoms in total. The first-order valence-electron chi connectivity index (χ1n) is 24.1. The lowest BCUT2D eigenvalue weighted by Gasteiger charge is -2.32. The standard InChI is InChI=1S/C51H62N8O10S/c1-65-41-12-7-36(8-13-41)46(61)37-15-22-59(23-16-37)49(63)38-9-14-42(53-30-38)48(62)56-40-17-20-58(21-18-40)31-35-5-10-39(11-6-35)57-50(64)51(47-45-43(32-70-47)54-34-55-45)33-68-29-28-67-27-26-66-25-19-52-44(60)4-2-3-24-69-51/h5-14,30,32,34,37,40H,2-4,15-29,31,33H2,1H3,(H,52,60)(H,54,55)(H,56,62)(H,57,64). The number of hydrogen-bond donors (Lipinski definition) is 4. The number of Topliss-reactive ketones (excluding diaryl/α,β-unsaturated/α-hetero) is 1. The topological polar surface area (TPSA) is 216 Å². The van der Waals surface area contributed by atoms with Gasteiger partial charge in [-0.25, -0.2) is 4.98 Å². The summed E-state index contributed by atoms with van der Waals surface area (Å²) >= 11 is 1.38. The Hall–Kier alpha value is -6.09. The second kappa shape index (κ2) is 24.6. The molecule has 3 saturated heterocycles. The fourth-order valence-corrected chi connectivity index (χ4v) is 10.0. The maximum Gasteiger partial charge on any atom is 0.270 e. The van der Waals surface area contributed by atoms with Crippen molar-refractivity contribution in [3.05, 3.63) is 106 Å². The number of pyridine rings is 1. The number of methoxy groups -OCH3 is 1. The van der Waals surface area contributed by atoms with Crippen LogP contribution in [-0.4, -0.2) is 146 Å². The average molecular weight is 979 g/mol. The number of amides is 4. The van der Waals surface area contributed by atoms with Crippen LogP contribution in [0.15, 0.2) is 78.6 Å². The Balaban J connectivity index is 0.809. The maximum absolute atomic E-state index is 14.6. The van der Waals surface area contributed by atoms with Gasteiger partial charge in [-0.15, -0.1) is 11.3 Å². The molecule has 4 N–H and O–H groups in total. The predicted molar refractivity (Wildman–Crippen MR) is 262 cm³/mol. The molecule has 0 radical (unpaired) electrons. The molecular weight excluding hydrogens is 917 g/mol. The number of anilines is 1. The molecule has 1 atom stereocenters. The zero-order chi connectivity index (χ0) is 48.7. The molecule has 5 aromatic rings. The van der Waals surface area contributed by atoms with E-state index in [9.17, 15) is 24.0 Å². The van der Waals surface area contributed by atoms with E-state index in [1.165, 1.54) is 17.5 Å². The van der Waals surface area contributed by atoms with Crippen molar-refractivity contribution in [2.75, 3.05) is 91.4 Å². The van der Waals surface area contributed by atoms with Crippen molar-refractivity contribution in [3.63, 3.8) is 0 Å². The van der Waals surface area contributed by atoms with Gasteiger partial charge >= 0.3 is 0 Å². The van der Waals surface area contributed by atoms with Crippen molar-refractivity contribution in [3.8, 4) is 5.75 Å². The molecule has 8 rings (SSSR count). The zero-order valence-electron chi connectivity index (χ0n) is 39.6. The largest absolute Gasteiger partial charge is 0.497 e. The van der Waals surface area contributed by atoms with Gasteiger partial charge in [-0.05, 0) is 92.6 Å². The number of ether oxygens (including phenoxy) is 5. The van der Waals surface area contributed by atoms with Crippen LogP contribution in [0.2, 0.25) is 0 Å². The molecule has 2 aromatic carbocycles. The fraction of sp³-hybridized carbons (Fsp3) is 0.471. The van der Waals surface area contributed by atoms with Crippen LogP contribution in [0.4, 0.5) is 5.69 Å². The number of thiophene rings is 1. The van der Waals surface area contributed by atoms with Crippen LogP contribution in [0.3, 0.4) is 0 Å². The number of carbonyl (C=O) groups is 5. The Morgan fingerprint density at radius 2 is 1.56 bits per heavy atom. The van der Waals surface area contributed by atoms with Crippen molar-refractivity contribution in [1.29, 1.82) is 0 Å². The van der Waals surface area contributed by atoms with Gasteiger partial charge in [-0.3, -0.25) is 33.9 Å². The summed E-state index contributed by atoms with van der Waals surface area (Å²) in [5, 5.41) is 11.0. The van der Waals surface area contributed by atoms with Gasteiger partial charge in [0.25, 0.3) is 17.7 Å². The highest BCUT2D eigenvalue weighted by molar-refractivity contribution is 7.11. The number of aromatic amines is 1. The lowest BCUT2D eigenvalue weighted by atomic mass is 9.88. The number of imidazole rings is 1. The molecule has 3 aliphatic heterocycles. The van der Waals surface area contributed by atoms with E-state index in [-0.39, 0.29) is 61.0 Å².